The minimum absolute atomic E-state index is 0.204. The molecule has 0 fully saturated rings. The Morgan fingerprint density at radius 3 is 2.50 bits per heavy atom. The number of sulfonamides is 1. The summed E-state index contributed by atoms with van der Waals surface area (Å²) in [4.78, 5) is 0.223. The van der Waals surface area contributed by atoms with Gasteiger partial charge in [-0.15, -0.1) is 10.2 Å². The van der Waals surface area contributed by atoms with E-state index in [0.717, 1.165) is 11.3 Å². The molecular weight excluding hydrogens is 426 g/mol. The molecule has 0 aliphatic heterocycles. The van der Waals surface area contributed by atoms with E-state index in [1.165, 1.54) is 42.3 Å². The van der Waals surface area contributed by atoms with Crippen LogP contribution in [0.2, 0.25) is 0 Å². The second-order valence-electron chi connectivity index (χ2n) is 6.52. The summed E-state index contributed by atoms with van der Waals surface area (Å²) in [7, 11) is -0.452. The predicted molar refractivity (Wildman–Crippen MR) is 113 cm³/mol. The largest absolute Gasteiger partial charge is 0.493 e. The fourth-order valence-electron chi connectivity index (χ4n) is 2.41. The lowest BCUT2D eigenvalue weighted by molar-refractivity contribution is 0.252. The third-order valence-electron chi connectivity index (χ3n) is 3.98. The summed E-state index contributed by atoms with van der Waals surface area (Å²) in [6.45, 7) is 2.61. The van der Waals surface area contributed by atoms with E-state index in [0.29, 0.717) is 29.2 Å². The molecule has 0 saturated carbocycles. The van der Waals surface area contributed by atoms with Crippen LogP contribution in [0.15, 0.2) is 63.1 Å². The number of rotatable bonds is 10. The molecule has 30 heavy (non-hydrogen) atoms. The monoisotopic (exact) mass is 449 g/mol. The van der Waals surface area contributed by atoms with Crippen molar-refractivity contribution in [1.29, 1.82) is 0 Å². The average Bonchev–Trinajstić information content (AvgIpc) is 3.18. The van der Waals surface area contributed by atoms with E-state index in [9.17, 15) is 8.42 Å². The number of aromatic nitrogens is 2. The summed E-state index contributed by atoms with van der Waals surface area (Å²) in [5.41, 5.74) is 1.11. The number of nitrogens with zero attached hydrogens (tertiary/aromatic N) is 3. The highest BCUT2D eigenvalue weighted by Gasteiger charge is 2.16. The number of hydrogen-bond donors (Lipinski definition) is 0. The second-order valence-corrected chi connectivity index (χ2v) is 9.72. The van der Waals surface area contributed by atoms with Crippen molar-refractivity contribution in [3.05, 3.63) is 60.0 Å². The zero-order chi connectivity index (χ0) is 21.6. The van der Waals surface area contributed by atoms with Gasteiger partial charge in [-0.05, 0) is 48.9 Å². The van der Waals surface area contributed by atoms with Crippen LogP contribution in [-0.2, 0) is 16.6 Å². The quantitative estimate of drug-likeness (QED) is 0.343. The highest BCUT2D eigenvalue weighted by Crippen LogP contribution is 2.20. The van der Waals surface area contributed by atoms with Crippen LogP contribution in [0.1, 0.15) is 11.5 Å². The first-order chi connectivity index (χ1) is 14.3. The number of hydrogen-bond acceptors (Lipinski definition) is 8. The van der Waals surface area contributed by atoms with Gasteiger partial charge in [0.1, 0.15) is 11.5 Å². The highest BCUT2D eigenvalue weighted by molar-refractivity contribution is 7.99. The Hall–Kier alpha value is -2.56. The summed E-state index contributed by atoms with van der Waals surface area (Å²) in [5, 5.41) is 8.40. The molecular formula is C20H23N3O5S2. The Labute approximate surface area is 180 Å². The van der Waals surface area contributed by atoms with Crippen molar-refractivity contribution in [2.45, 2.75) is 23.6 Å². The van der Waals surface area contributed by atoms with Crippen molar-refractivity contribution >= 4 is 21.8 Å². The van der Waals surface area contributed by atoms with Crippen molar-refractivity contribution in [3.8, 4) is 11.5 Å². The first-order valence-electron chi connectivity index (χ1n) is 9.14. The van der Waals surface area contributed by atoms with Crippen LogP contribution < -0.4 is 9.47 Å². The molecule has 0 aliphatic carbocycles. The molecule has 2 aromatic carbocycles. The minimum atomic E-state index is -3.44. The molecule has 0 unspecified atom stereocenters. The fourth-order valence-corrected chi connectivity index (χ4v) is 3.91. The smallest absolute Gasteiger partial charge is 0.276 e. The first-order valence-corrected chi connectivity index (χ1v) is 11.6. The van der Waals surface area contributed by atoms with Gasteiger partial charge in [-0.2, -0.15) is 0 Å². The molecule has 0 spiro atoms. The molecule has 1 heterocycles. The predicted octanol–water partition coefficient (Wildman–Crippen LogP) is 3.38. The molecule has 10 heteroatoms. The van der Waals surface area contributed by atoms with Crippen molar-refractivity contribution in [1.82, 2.24) is 14.5 Å². The first kappa shape index (κ1) is 22.1. The molecule has 0 radical (unpaired) electrons. The maximum atomic E-state index is 12.1. The van der Waals surface area contributed by atoms with E-state index in [-0.39, 0.29) is 11.5 Å². The summed E-state index contributed by atoms with van der Waals surface area (Å²) < 4.78 is 42.1. The lowest BCUT2D eigenvalue weighted by Gasteiger charge is -2.11. The number of thioether (sulfide) groups is 1. The van der Waals surface area contributed by atoms with Gasteiger partial charge in [0.05, 0.1) is 11.5 Å². The van der Waals surface area contributed by atoms with Gasteiger partial charge in [0.15, 0.2) is 6.61 Å². The lowest BCUT2D eigenvalue weighted by atomic mass is 10.2. The van der Waals surface area contributed by atoms with Crippen LogP contribution >= 0.6 is 11.8 Å². The zero-order valence-electron chi connectivity index (χ0n) is 16.9. The van der Waals surface area contributed by atoms with Crippen LogP contribution in [0.3, 0.4) is 0 Å². The van der Waals surface area contributed by atoms with Gasteiger partial charge in [0, 0.05) is 19.8 Å². The molecule has 0 N–H and O–H groups in total. The van der Waals surface area contributed by atoms with Crippen LogP contribution in [0, 0.1) is 6.92 Å². The Bertz CT molecular complexity index is 1070. The van der Waals surface area contributed by atoms with Gasteiger partial charge >= 0.3 is 0 Å². The molecule has 8 nitrogen and oxygen atoms in total. The van der Waals surface area contributed by atoms with Gasteiger partial charge in [-0.1, -0.05) is 23.9 Å². The molecule has 0 saturated heterocycles. The number of aryl methyl sites for hydroxylation is 1. The number of ether oxygens (including phenoxy) is 2. The minimum Gasteiger partial charge on any atom is -0.493 e. The maximum Gasteiger partial charge on any atom is 0.276 e. The fraction of sp³-hybridized carbons (Fsp3) is 0.300. The molecule has 0 amide bonds. The SMILES string of the molecule is Cc1cccc(OCc2nnc(SCCOc3ccc(S(=O)(=O)N(C)C)cc3)o2)c1. The highest BCUT2D eigenvalue weighted by atomic mass is 32.2. The van der Waals surface area contributed by atoms with Gasteiger partial charge in [-0.25, -0.2) is 12.7 Å². The standard InChI is InChI=1S/C20H23N3O5S2/c1-15-5-4-6-17(13-15)27-14-19-21-22-20(28-19)29-12-11-26-16-7-9-18(10-8-16)30(24,25)23(2)3/h4-10,13H,11-12,14H2,1-3H3. The molecule has 1 aromatic heterocycles. The van der Waals surface area contributed by atoms with Crippen LogP contribution in [-0.4, -0.2) is 49.4 Å². The summed E-state index contributed by atoms with van der Waals surface area (Å²) in [5.74, 6) is 2.34. The van der Waals surface area contributed by atoms with E-state index in [1.54, 1.807) is 12.1 Å². The van der Waals surface area contributed by atoms with E-state index < -0.39 is 10.0 Å². The van der Waals surface area contributed by atoms with Crippen molar-refractivity contribution in [2.75, 3.05) is 26.5 Å². The second kappa shape index (κ2) is 9.96. The zero-order valence-corrected chi connectivity index (χ0v) is 18.6. The van der Waals surface area contributed by atoms with Crippen LogP contribution in [0.25, 0.3) is 0 Å². The third-order valence-corrected chi connectivity index (χ3v) is 6.59. The van der Waals surface area contributed by atoms with E-state index in [2.05, 4.69) is 10.2 Å². The average molecular weight is 450 g/mol. The van der Waals surface area contributed by atoms with Crippen LogP contribution in [0.5, 0.6) is 11.5 Å². The molecule has 0 bridgehead atoms. The lowest BCUT2D eigenvalue weighted by Crippen LogP contribution is -2.22. The Morgan fingerprint density at radius 1 is 1.03 bits per heavy atom. The topological polar surface area (TPSA) is 94.8 Å². The summed E-state index contributed by atoms with van der Waals surface area (Å²) in [6, 6.07) is 14.0. The maximum absolute atomic E-state index is 12.1. The Balaban J connectivity index is 1.42. The summed E-state index contributed by atoms with van der Waals surface area (Å²) >= 11 is 1.37. The molecule has 0 atom stereocenters. The van der Waals surface area contributed by atoms with E-state index in [4.69, 9.17) is 13.9 Å². The Kier molecular flexibility index (Phi) is 7.35. The summed E-state index contributed by atoms with van der Waals surface area (Å²) in [6.07, 6.45) is 0. The van der Waals surface area contributed by atoms with Crippen molar-refractivity contribution in [3.63, 3.8) is 0 Å². The van der Waals surface area contributed by atoms with Gasteiger partial charge in [0.2, 0.25) is 10.0 Å². The number of benzene rings is 2. The molecule has 0 aliphatic rings. The van der Waals surface area contributed by atoms with Crippen LogP contribution in [0.4, 0.5) is 0 Å². The molecule has 3 rings (SSSR count). The van der Waals surface area contributed by atoms with Crippen molar-refractivity contribution < 1.29 is 22.3 Å². The Morgan fingerprint density at radius 2 is 1.80 bits per heavy atom. The third kappa shape index (κ3) is 5.97. The van der Waals surface area contributed by atoms with Gasteiger partial charge in [0.25, 0.3) is 11.1 Å². The van der Waals surface area contributed by atoms with Crippen molar-refractivity contribution in [2.24, 2.45) is 0 Å². The van der Waals surface area contributed by atoms with E-state index in [1.807, 2.05) is 31.2 Å². The normalized spacial score (nSPS) is 11.6. The van der Waals surface area contributed by atoms with Gasteiger partial charge < -0.3 is 13.9 Å². The molecule has 160 valence electrons. The molecule has 3 aromatic rings. The van der Waals surface area contributed by atoms with E-state index >= 15 is 0 Å². The van der Waals surface area contributed by atoms with Gasteiger partial charge in [-0.3, -0.25) is 0 Å².